The van der Waals surface area contributed by atoms with E-state index in [9.17, 15) is 4.79 Å². The largest absolute Gasteiger partial charge is 0.369 e. The molecule has 1 atom stereocenters. The Morgan fingerprint density at radius 1 is 1.22 bits per heavy atom. The van der Waals surface area contributed by atoms with Crippen molar-refractivity contribution >= 4 is 5.91 Å². The molecule has 0 aromatic heterocycles. The number of benzene rings is 1. The van der Waals surface area contributed by atoms with E-state index in [0.717, 1.165) is 26.2 Å². The van der Waals surface area contributed by atoms with Crippen LogP contribution in [0.4, 0.5) is 0 Å². The van der Waals surface area contributed by atoms with Gasteiger partial charge < -0.3 is 9.64 Å². The van der Waals surface area contributed by atoms with E-state index >= 15 is 0 Å². The van der Waals surface area contributed by atoms with Gasteiger partial charge in [0.1, 0.15) is 6.61 Å². The lowest BCUT2D eigenvalue weighted by Gasteiger charge is -2.43. The van der Waals surface area contributed by atoms with Gasteiger partial charge in [0.25, 0.3) is 0 Å². The van der Waals surface area contributed by atoms with E-state index in [0.29, 0.717) is 6.61 Å². The molecule has 2 fully saturated rings. The number of hydrogen-bond donors (Lipinski definition) is 0. The molecular formula is C14H18N2O2. The number of ether oxygens (including phenoxy) is 1. The van der Waals surface area contributed by atoms with E-state index in [1.807, 2.05) is 11.0 Å². The molecule has 0 unspecified atom stereocenters. The summed E-state index contributed by atoms with van der Waals surface area (Å²) in [6, 6.07) is 10.7. The van der Waals surface area contributed by atoms with Crippen LogP contribution in [0.1, 0.15) is 5.56 Å². The zero-order chi connectivity index (χ0) is 12.4. The van der Waals surface area contributed by atoms with Crippen molar-refractivity contribution in [2.45, 2.75) is 12.6 Å². The summed E-state index contributed by atoms with van der Waals surface area (Å²) in [6.45, 7) is 4.60. The van der Waals surface area contributed by atoms with Crippen LogP contribution in [0, 0.1) is 0 Å². The topological polar surface area (TPSA) is 32.8 Å². The molecule has 2 aliphatic rings. The molecule has 0 spiro atoms. The van der Waals surface area contributed by atoms with E-state index in [2.05, 4.69) is 29.2 Å². The van der Waals surface area contributed by atoms with E-state index in [-0.39, 0.29) is 18.6 Å². The first-order valence-corrected chi connectivity index (χ1v) is 6.46. The minimum absolute atomic E-state index is 0.144. The van der Waals surface area contributed by atoms with Crippen molar-refractivity contribution in [3.8, 4) is 0 Å². The highest BCUT2D eigenvalue weighted by molar-refractivity contribution is 5.78. The maximum Gasteiger partial charge on any atom is 0.248 e. The standard InChI is InChI=1S/C14H18N2O2/c17-14-11-18-10-13-9-15(6-7-16(13)14)8-12-4-2-1-3-5-12/h1-5,13H,6-11H2/t13-/m1/s1. The maximum absolute atomic E-state index is 11.7. The zero-order valence-electron chi connectivity index (χ0n) is 10.4. The molecule has 1 aromatic rings. The average Bonchev–Trinajstić information content (AvgIpc) is 2.40. The fraction of sp³-hybridized carbons (Fsp3) is 0.500. The second-order valence-corrected chi connectivity index (χ2v) is 4.98. The van der Waals surface area contributed by atoms with Gasteiger partial charge in [-0.1, -0.05) is 30.3 Å². The zero-order valence-corrected chi connectivity index (χ0v) is 10.4. The number of carbonyl (C=O) groups excluding carboxylic acids is 1. The van der Waals surface area contributed by atoms with Gasteiger partial charge in [0.2, 0.25) is 5.91 Å². The number of hydrogen-bond acceptors (Lipinski definition) is 3. The van der Waals surface area contributed by atoms with Crippen molar-refractivity contribution in [3.63, 3.8) is 0 Å². The summed E-state index contributed by atoms with van der Waals surface area (Å²) >= 11 is 0. The summed E-state index contributed by atoms with van der Waals surface area (Å²) in [5.41, 5.74) is 1.33. The Labute approximate surface area is 107 Å². The molecule has 0 radical (unpaired) electrons. The Kier molecular flexibility index (Phi) is 3.30. The number of carbonyl (C=O) groups is 1. The highest BCUT2D eigenvalue weighted by Crippen LogP contribution is 2.16. The van der Waals surface area contributed by atoms with E-state index in [1.165, 1.54) is 5.56 Å². The lowest BCUT2D eigenvalue weighted by Crippen LogP contribution is -2.59. The molecule has 1 aromatic carbocycles. The van der Waals surface area contributed by atoms with E-state index in [4.69, 9.17) is 4.74 Å². The van der Waals surface area contributed by atoms with Gasteiger partial charge in [-0.25, -0.2) is 0 Å². The minimum atomic E-state index is 0.144. The van der Waals surface area contributed by atoms with Crippen LogP contribution in [-0.2, 0) is 16.1 Å². The van der Waals surface area contributed by atoms with Gasteiger partial charge in [-0.2, -0.15) is 0 Å². The third-order valence-corrected chi connectivity index (χ3v) is 3.67. The van der Waals surface area contributed by atoms with Gasteiger partial charge >= 0.3 is 0 Å². The lowest BCUT2D eigenvalue weighted by molar-refractivity contribution is -0.152. The fourth-order valence-electron chi connectivity index (χ4n) is 2.74. The second kappa shape index (κ2) is 5.08. The molecule has 0 aliphatic carbocycles. The van der Waals surface area contributed by atoms with Crippen molar-refractivity contribution in [2.75, 3.05) is 32.8 Å². The first-order valence-electron chi connectivity index (χ1n) is 6.46. The number of nitrogens with zero attached hydrogens (tertiary/aromatic N) is 2. The summed E-state index contributed by atoms with van der Waals surface area (Å²) in [7, 11) is 0. The Morgan fingerprint density at radius 2 is 2.06 bits per heavy atom. The van der Waals surface area contributed by atoms with Crippen LogP contribution in [0.5, 0.6) is 0 Å². The number of amides is 1. The van der Waals surface area contributed by atoms with Gasteiger partial charge in [-0.05, 0) is 5.56 Å². The minimum Gasteiger partial charge on any atom is -0.369 e. The van der Waals surface area contributed by atoms with E-state index < -0.39 is 0 Å². The molecular weight excluding hydrogens is 228 g/mol. The van der Waals surface area contributed by atoms with Crippen LogP contribution in [0.25, 0.3) is 0 Å². The molecule has 2 aliphatic heterocycles. The first kappa shape index (κ1) is 11.7. The number of rotatable bonds is 2. The molecule has 2 heterocycles. The quantitative estimate of drug-likeness (QED) is 0.771. The summed E-state index contributed by atoms with van der Waals surface area (Å²) in [5.74, 6) is 0.144. The maximum atomic E-state index is 11.7. The molecule has 3 rings (SSSR count). The molecule has 1 amide bonds. The van der Waals surface area contributed by atoms with Gasteiger partial charge in [-0.15, -0.1) is 0 Å². The second-order valence-electron chi connectivity index (χ2n) is 4.98. The molecule has 4 heteroatoms. The van der Waals surface area contributed by atoms with Gasteiger partial charge in [0.15, 0.2) is 0 Å². The van der Waals surface area contributed by atoms with Crippen molar-refractivity contribution in [1.82, 2.24) is 9.80 Å². The summed E-state index contributed by atoms with van der Waals surface area (Å²) in [5, 5.41) is 0. The molecule has 0 saturated carbocycles. The SMILES string of the molecule is O=C1COC[C@H]2CN(Cc3ccccc3)CCN12. The number of fused-ring (bicyclic) bond motifs is 1. The lowest BCUT2D eigenvalue weighted by atomic mass is 10.1. The third kappa shape index (κ3) is 2.40. The molecule has 2 saturated heterocycles. The normalized spacial score (nSPS) is 25.0. The van der Waals surface area contributed by atoms with Gasteiger partial charge in [-0.3, -0.25) is 9.69 Å². The highest BCUT2D eigenvalue weighted by Gasteiger charge is 2.33. The molecule has 0 N–H and O–H groups in total. The number of morpholine rings is 1. The van der Waals surface area contributed by atoms with Crippen LogP contribution >= 0.6 is 0 Å². The molecule has 0 bridgehead atoms. The summed E-state index contributed by atoms with van der Waals surface area (Å²) in [6.07, 6.45) is 0. The smallest absolute Gasteiger partial charge is 0.248 e. The Bertz CT molecular complexity index is 421. The van der Waals surface area contributed by atoms with Crippen LogP contribution in [0.15, 0.2) is 30.3 Å². The predicted octanol–water partition coefficient (Wildman–Crippen LogP) is 0.730. The van der Waals surface area contributed by atoms with Crippen molar-refractivity contribution < 1.29 is 9.53 Å². The van der Waals surface area contributed by atoms with Crippen LogP contribution < -0.4 is 0 Å². The van der Waals surface area contributed by atoms with Crippen LogP contribution in [0.2, 0.25) is 0 Å². The summed E-state index contributed by atoms with van der Waals surface area (Å²) < 4.78 is 5.33. The van der Waals surface area contributed by atoms with Crippen LogP contribution in [0.3, 0.4) is 0 Å². The predicted molar refractivity (Wildman–Crippen MR) is 68.0 cm³/mol. The first-order chi connectivity index (χ1) is 8.83. The van der Waals surface area contributed by atoms with Crippen LogP contribution in [-0.4, -0.2) is 54.6 Å². The van der Waals surface area contributed by atoms with Crippen molar-refractivity contribution in [1.29, 1.82) is 0 Å². The molecule has 96 valence electrons. The summed E-state index contributed by atoms with van der Waals surface area (Å²) in [4.78, 5) is 16.1. The monoisotopic (exact) mass is 246 g/mol. The molecule has 18 heavy (non-hydrogen) atoms. The van der Waals surface area contributed by atoms with E-state index in [1.54, 1.807) is 0 Å². The number of piperazine rings is 1. The van der Waals surface area contributed by atoms with Gasteiger partial charge in [0.05, 0.1) is 12.6 Å². The Morgan fingerprint density at radius 3 is 2.89 bits per heavy atom. The van der Waals surface area contributed by atoms with Crippen molar-refractivity contribution in [3.05, 3.63) is 35.9 Å². The third-order valence-electron chi connectivity index (χ3n) is 3.67. The fourth-order valence-corrected chi connectivity index (χ4v) is 2.74. The van der Waals surface area contributed by atoms with Gasteiger partial charge in [0, 0.05) is 26.2 Å². The van der Waals surface area contributed by atoms with Crippen molar-refractivity contribution in [2.24, 2.45) is 0 Å². The Balaban J connectivity index is 1.62. The average molecular weight is 246 g/mol. The Hall–Kier alpha value is -1.39. The highest BCUT2D eigenvalue weighted by atomic mass is 16.5. The molecule has 4 nitrogen and oxygen atoms in total.